The van der Waals surface area contributed by atoms with Crippen LogP contribution in [0.1, 0.15) is 0 Å². The van der Waals surface area contributed by atoms with Crippen LogP contribution in [0, 0.1) is 0 Å². The van der Waals surface area contributed by atoms with E-state index in [9.17, 15) is 0 Å². The summed E-state index contributed by atoms with van der Waals surface area (Å²) < 4.78 is 7.36. The minimum Gasteiger partial charge on any atom is -0.307 e. The molecule has 13 aromatic rings. The summed E-state index contributed by atoms with van der Waals surface area (Å²) in [6.07, 6.45) is 0. The lowest BCUT2D eigenvalue weighted by atomic mass is 10.0. The number of benzene rings is 9. The van der Waals surface area contributed by atoms with Crippen LogP contribution in [0.2, 0.25) is 0 Å². The Balaban J connectivity index is 1.12. The molecule has 13 rings (SSSR count). The molecular formula is C57H35N5S. The Morgan fingerprint density at radius 3 is 1.57 bits per heavy atom. The standard InChI is InChI=1S/C57H35N5S/c1-5-18-36(19-6-1)40-27-15-28-42-41-26-13-14-32-47(41)62(51(40)42)49-33-17-30-45-50-48(61(52(45)49)39-24-11-4-12-25-39)35-34-44-43-29-16-31-46(53(43)63-54(44)50)57-59-55(37-20-7-2-8-21-37)58-56(60-57)38-22-9-3-10-23-38/h1-35H. The molecule has 0 aliphatic rings. The number of nitrogens with zero attached hydrogens (tertiary/aromatic N) is 5. The van der Waals surface area contributed by atoms with E-state index >= 15 is 0 Å². The van der Waals surface area contributed by atoms with E-state index in [1.807, 2.05) is 47.7 Å². The van der Waals surface area contributed by atoms with Gasteiger partial charge in [-0.05, 0) is 42.0 Å². The van der Waals surface area contributed by atoms with Crippen molar-refractivity contribution in [1.29, 1.82) is 0 Å². The van der Waals surface area contributed by atoms with Gasteiger partial charge in [-0.15, -0.1) is 11.3 Å². The quantitative estimate of drug-likeness (QED) is 0.168. The third-order valence-corrected chi connectivity index (χ3v) is 13.6. The third kappa shape index (κ3) is 5.52. The fourth-order valence-corrected chi connectivity index (χ4v) is 11.0. The highest BCUT2D eigenvalue weighted by Crippen LogP contribution is 2.48. The first-order chi connectivity index (χ1) is 31.3. The van der Waals surface area contributed by atoms with E-state index in [2.05, 4.69) is 185 Å². The minimum absolute atomic E-state index is 0.652. The van der Waals surface area contributed by atoms with Crippen molar-refractivity contribution in [3.63, 3.8) is 0 Å². The van der Waals surface area contributed by atoms with Gasteiger partial charge in [0.05, 0.1) is 27.8 Å². The van der Waals surface area contributed by atoms with Crippen molar-refractivity contribution in [1.82, 2.24) is 24.1 Å². The van der Waals surface area contributed by atoms with E-state index in [0.29, 0.717) is 17.5 Å². The second-order valence-corrected chi connectivity index (χ2v) is 16.9. The van der Waals surface area contributed by atoms with Gasteiger partial charge in [0.25, 0.3) is 0 Å². The zero-order chi connectivity index (χ0) is 41.4. The maximum Gasteiger partial charge on any atom is 0.165 e. The predicted octanol–water partition coefficient (Wildman–Crippen LogP) is 15.1. The lowest BCUT2D eigenvalue weighted by Gasteiger charge is -2.16. The summed E-state index contributed by atoms with van der Waals surface area (Å²) in [5.41, 5.74) is 12.2. The van der Waals surface area contributed by atoms with Crippen molar-refractivity contribution in [3.05, 3.63) is 212 Å². The normalized spacial score (nSPS) is 11.8. The molecule has 0 fully saturated rings. The van der Waals surface area contributed by atoms with Gasteiger partial charge in [-0.2, -0.15) is 0 Å². The molecule has 0 unspecified atom stereocenters. The highest BCUT2D eigenvalue weighted by atomic mass is 32.1. The molecule has 63 heavy (non-hydrogen) atoms. The molecule has 5 nitrogen and oxygen atoms in total. The van der Waals surface area contributed by atoms with Gasteiger partial charge in [-0.3, -0.25) is 0 Å². The van der Waals surface area contributed by atoms with E-state index < -0.39 is 0 Å². The molecular weight excluding hydrogens is 787 g/mol. The van der Waals surface area contributed by atoms with E-state index in [-0.39, 0.29) is 0 Å². The van der Waals surface area contributed by atoms with Gasteiger partial charge in [0.15, 0.2) is 17.5 Å². The summed E-state index contributed by atoms with van der Waals surface area (Å²) in [4.78, 5) is 15.3. The van der Waals surface area contributed by atoms with Crippen LogP contribution in [0.3, 0.4) is 0 Å². The summed E-state index contributed by atoms with van der Waals surface area (Å²) in [5.74, 6) is 1.96. The van der Waals surface area contributed by atoms with Crippen molar-refractivity contribution in [2.75, 3.05) is 0 Å². The summed E-state index contributed by atoms with van der Waals surface area (Å²) in [7, 11) is 0. The van der Waals surface area contributed by atoms with Crippen LogP contribution >= 0.6 is 11.3 Å². The van der Waals surface area contributed by atoms with Crippen LogP contribution in [0.15, 0.2) is 212 Å². The molecule has 0 amide bonds. The number of hydrogen-bond donors (Lipinski definition) is 0. The highest BCUT2D eigenvalue weighted by Gasteiger charge is 2.24. The Labute approximate surface area is 366 Å². The maximum atomic E-state index is 5.17. The average Bonchev–Trinajstić information content (AvgIpc) is 4.03. The zero-order valence-corrected chi connectivity index (χ0v) is 34.7. The molecule has 6 heteroatoms. The highest BCUT2D eigenvalue weighted by molar-refractivity contribution is 7.27. The molecule has 0 aliphatic carbocycles. The Hall–Kier alpha value is -8.19. The van der Waals surface area contributed by atoms with Crippen LogP contribution in [-0.4, -0.2) is 24.1 Å². The van der Waals surface area contributed by atoms with Crippen LogP contribution < -0.4 is 0 Å². The minimum atomic E-state index is 0.652. The maximum absolute atomic E-state index is 5.17. The lowest BCUT2D eigenvalue weighted by Crippen LogP contribution is -2.01. The second-order valence-electron chi connectivity index (χ2n) is 15.9. The number of thiophene rings is 1. The van der Waals surface area contributed by atoms with E-state index in [0.717, 1.165) is 43.8 Å². The molecule has 0 saturated heterocycles. The van der Waals surface area contributed by atoms with Gasteiger partial charge < -0.3 is 9.13 Å². The predicted molar refractivity (Wildman–Crippen MR) is 263 cm³/mol. The number of fused-ring (bicyclic) bond motifs is 10. The van der Waals surface area contributed by atoms with E-state index in [4.69, 9.17) is 15.0 Å². The molecule has 0 N–H and O–H groups in total. The number of aromatic nitrogens is 5. The van der Waals surface area contributed by atoms with Gasteiger partial charge in [-0.1, -0.05) is 176 Å². The first-order valence-electron chi connectivity index (χ1n) is 21.2. The summed E-state index contributed by atoms with van der Waals surface area (Å²) in [5, 5.41) is 7.29. The Morgan fingerprint density at radius 1 is 0.317 bits per heavy atom. The Morgan fingerprint density at radius 2 is 0.857 bits per heavy atom. The monoisotopic (exact) mass is 821 g/mol. The first-order valence-corrected chi connectivity index (χ1v) is 22.0. The van der Waals surface area contributed by atoms with Gasteiger partial charge in [0, 0.05) is 69.7 Å². The number of rotatable bonds is 6. The molecule has 0 spiro atoms. The summed E-state index contributed by atoms with van der Waals surface area (Å²) >= 11 is 1.83. The summed E-state index contributed by atoms with van der Waals surface area (Å²) in [6, 6.07) is 75.5. The Bertz CT molecular complexity index is 3830. The van der Waals surface area contributed by atoms with Crippen molar-refractivity contribution in [2.45, 2.75) is 0 Å². The van der Waals surface area contributed by atoms with Crippen LogP contribution in [0.25, 0.3) is 120 Å². The molecule has 0 bridgehead atoms. The first kappa shape index (κ1) is 35.6. The van der Waals surface area contributed by atoms with Gasteiger partial charge >= 0.3 is 0 Å². The van der Waals surface area contributed by atoms with Crippen molar-refractivity contribution < 1.29 is 0 Å². The van der Waals surface area contributed by atoms with Crippen molar-refractivity contribution >= 4 is 75.1 Å². The van der Waals surface area contributed by atoms with Gasteiger partial charge in [-0.25, -0.2) is 15.0 Å². The molecule has 9 aromatic carbocycles. The van der Waals surface area contributed by atoms with Crippen molar-refractivity contribution in [2.24, 2.45) is 0 Å². The zero-order valence-electron chi connectivity index (χ0n) is 33.9. The lowest BCUT2D eigenvalue weighted by molar-refractivity contribution is 1.08. The molecule has 0 atom stereocenters. The molecule has 4 heterocycles. The van der Waals surface area contributed by atoms with Crippen molar-refractivity contribution in [3.8, 4) is 56.7 Å². The third-order valence-electron chi connectivity index (χ3n) is 12.4. The van der Waals surface area contributed by atoms with Crippen LogP contribution in [0.5, 0.6) is 0 Å². The van der Waals surface area contributed by atoms with Gasteiger partial charge in [0.2, 0.25) is 0 Å². The Kier molecular flexibility index (Phi) is 8.01. The van der Waals surface area contributed by atoms with Crippen LogP contribution in [-0.2, 0) is 0 Å². The summed E-state index contributed by atoms with van der Waals surface area (Å²) in [6.45, 7) is 0. The number of para-hydroxylation sites is 4. The molecule has 4 aromatic heterocycles. The van der Waals surface area contributed by atoms with Crippen LogP contribution in [0.4, 0.5) is 0 Å². The van der Waals surface area contributed by atoms with Gasteiger partial charge in [0.1, 0.15) is 0 Å². The molecule has 0 radical (unpaired) electrons. The fraction of sp³-hybridized carbons (Fsp3) is 0. The molecule has 0 saturated carbocycles. The SMILES string of the molecule is c1ccc(-c2nc(-c3ccccc3)nc(-c3cccc4c3sc3c4ccc4c3c3cccc(-n5c6ccccc6c6cccc(-c7ccccc7)c65)c3n4-c3ccccc3)n2)cc1. The largest absolute Gasteiger partial charge is 0.307 e. The van der Waals surface area contributed by atoms with E-state index in [1.54, 1.807) is 0 Å². The number of hydrogen-bond acceptors (Lipinski definition) is 4. The average molecular weight is 822 g/mol. The molecule has 0 aliphatic heterocycles. The smallest absolute Gasteiger partial charge is 0.165 e. The second kappa shape index (κ2) is 14.2. The molecule has 294 valence electrons. The topological polar surface area (TPSA) is 48.5 Å². The fourth-order valence-electron chi connectivity index (χ4n) is 9.64. The van der Waals surface area contributed by atoms with E-state index in [1.165, 1.54) is 59.2 Å².